The fraction of sp³-hybridized carbons (Fsp3) is 0.500. The summed E-state index contributed by atoms with van der Waals surface area (Å²) in [6.07, 6.45) is 0. The smallest absolute Gasteiger partial charge is 0.104 e. The fourth-order valence-corrected chi connectivity index (χ4v) is 1.84. The van der Waals surface area contributed by atoms with Gasteiger partial charge < -0.3 is 5.11 Å². The Labute approximate surface area is 111 Å². The summed E-state index contributed by atoms with van der Waals surface area (Å²) < 4.78 is 0. The molecular formula is C16H23NO. The van der Waals surface area contributed by atoms with E-state index in [1.807, 2.05) is 18.2 Å². The predicted octanol–water partition coefficient (Wildman–Crippen LogP) is 2.51. The first-order chi connectivity index (χ1) is 8.56. The van der Waals surface area contributed by atoms with E-state index in [0.29, 0.717) is 12.0 Å². The number of hydrogen-bond donors (Lipinski definition) is 1. The first-order valence-corrected chi connectivity index (χ1v) is 6.44. The van der Waals surface area contributed by atoms with Crippen LogP contribution in [-0.2, 0) is 6.54 Å². The zero-order chi connectivity index (χ0) is 13.5. The van der Waals surface area contributed by atoms with Gasteiger partial charge in [0.15, 0.2) is 0 Å². The summed E-state index contributed by atoms with van der Waals surface area (Å²) >= 11 is 0. The maximum absolute atomic E-state index is 8.78. The predicted molar refractivity (Wildman–Crippen MR) is 76.2 cm³/mol. The molecule has 0 aromatic heterocycles. The Balaban J connectivity index is 2.84. The third kappa shape index (κ3) is 4.18. The summed E-state index contributed by atoms with van der Waals surface area (Å²) in [5.74, 6) is 6.36. The van der Waals surface area contributed by atoms with Gasteiger partial charge in [-0.25, -0.2) is 0 Å². The molecule has 18 heavy (non-hydrogen) atoms. The normalized spacial score (nSPS) is 12.4. The van der Waals surface area contributed by atoms with Gasteiger partial charge in [-0.1, -0.05) is 43.9 Å². The molecule has 98 valence electrons. The van der Waals surface area contributed by atoms with Crippen LogP contribution in [-0.4, -0.2) is 29.7 Å². The maximum Gasteiger partial charge on any atom is 0.104 e. The van der Waals surface area contributed by atoms with Gasteiger partial charge in [-0.15, -0.1) is 0 Å². The third-order valence-electron chi connectivity index (χ3n) is 3.40. The van der Waals surface area contributed by atoms with Crippen LogP contribution in [0.5, 0.6) is 0 Å². The van der Waals surface area contributed by atoms with Gasteiger partial charge in [0, 0.05) is 18.2 Å². The van der Waals surface area contributed by atoms with E-state index in [-0.39, 0.29) is 6.61 Å². The van der Waals surface area contributed by atoms with Crippen molar-refractivity contribution in [3.63, 3.8) is 0 Å². The quantitative estimate of drug-likeness (QED) is 0.824. The lowest BCUT2D eigenvalue weighted by molar-refractivity contribution is 0.200. The van der Waals surface area contributed by atoms with Crippen molar-refractivity contribution in [1.82, 2.24) is 4.90 Å². The van der Waals surface area contributed by atoms with Crippen molar-refractivity contribution < 1.29 is 5.11 Å². The molecule has 0 spiro atoms. The third-order valence-corrected chi connectivity index (χ3v) is 3.40. The highest BCUT2D eigenvalue weighted by molar-refractivity contribution is 5.41. The van der Waals surface area contributed by atoms with Gasteiger partial charge in [-0.2, -0.15) is 0 Å². The van der Waals surface area contributed by atoms with Gasteiger partial charge in [0.1, 0.15) is 6.61 Å². The van der Waals surface area contributed by atoms with E-state index in [1.165, 1.54) is 5.56 Å². The van der Waals surface area contributed by atoms with Crippen molar-refractivity contribution >= 4 is 0 Å². The van der Waals surface area contributed by atoms with Crippen LogP contribution < -0.4 is 0 Å². The van der Waals surface area contributed by atoms with Crippen LogP contribution in [0.25, 0.3) is 0 Å². The molecule has 0 bridgehead atoms. The van der Waals surface area contributed by atoms with E-state index in [4.69, 9.17) is 5.11 Å². The Morgan fingerprint density at radius 2 is 1.89 bits per heavy atom. The highest BCUT2D eigenvalue weighted by atomic mass is 16.2. The summed E-state index contributed by atoms with van der Waals surface area (Å²) in [5, 5.41) is 8.78. The summed E-state index contributed by atoms with van der Waals surface area (Å²) in [6, 6.07) is 8.66. The summed E-state index contributed by atoms with van der Waals surface area (Å²) in [4.78, 5) is 2.34. The number of hydrogen-bond acceptors (Lipinski definition) is 2. The van der Waals surface area contributed by atoms with Crippen molar-refractivity contribution in [3.8, 4) is 11.8 Å². The van der Waals surface area contributed by atoms with E-state index in [9.17, 15) is 0 Å². The van der Waals surface area contributed by atoms with Gasteiger partial charge in [0.05, 0.1) is 0 Å². The van der Waals surface area contributed by atoms with Gasteiger partial charge in [0.2, 0.25) is 0 Å². The van der Waals surface area contributed by atoms with Crippen LogP contribution >= 0.6 is 0 Å². The molecule has 2 heteroatoms. The molecule has 0 heterocycles. The largest absolute Gasteiger partial charge is 0.384 e. The molecule has 0 saturated heterocycles. The van der Waals surface area contributed by atoms with Crippen molar-refractivity contribution in [2.24, 2.45) is 5.92 Å². The molecule has 0 aliphatic heterocycles. The van der Waals surface area contributed by atoms with E-state index < -0.39 is 0 Å². The van der Waals surface area contributed by atoms with Gasteiger partial charge in [0.25, 0.3) is 0 Å². The number of aliphatic hydroxyl groups is 1. The van der Waals surface area contributed by atoms with Crippen LogP contribution in [0.4, 0.5) is 0 Å². The Hall–Kier alpha value is -1.30. The molecule has 0 radical (unpaired) electrons. The Bertz CT molecular complexity index is 428. The Morgan fingerprint density at radius 3 is 2.50 bits per heavy atom. The molecule has 0 amide bonds. The van der Waals surface area contributed by atoms with Crippen molar-refractivity contribution in [2.45, 2.75) is 33.4 Å². The molecule has 0 aliphatic carbocycles. The van der Waals surface area contributed by atoms with Crippen LogP contribution in [0.3, 0.4) is 0 Å². The molecule has 1 aromatic carbocycles. The number of nitrogens with zero attached hydrogens (tertiary/aromatic N) is 1. The van der Waals surface area contributed by atoms with E-state index in [2.05, 4.69) is 50.6 Å². The number of aliphatic hydroxyl groups excluding tert-OH is 1. The van der Waals surface area contributed by atoms with Crippen molar-refractivity contribution in [2.75, 3.05) is 13.7 Å². The molecule has 2 nitrogen and oxygen atoms in total. The molecule has 0 fully saturated rings. The Kier molecular flexibility index (Phi) is 5.91. The molecule has 1 N–H and O–H groups in total. The average Bonchev–Trinajstić information content (AvgIpc) is 2.36. The molecular weight excluding hydrogens is 222 g/mol. The second-order valence-corrected chi connectivity index (χ2v) is 5.02. The molecule has 1 aromatic rings. The Morgan fingerprint density at radius 1 is 1.22 bits per heavy atom. The standard InChI is InChI=1S/C16H23NO/c1-13(2)14(3)17(4)12-16-9-6-5-8-15(16)10-7-11-18/h5-6,8-9,13-14,18H,11-12H2,1-4H3. The first kappa shape index (κ1) is 14.8. The second-order valence-electron chi connectivity index (χ2n) is 5.02. The molecule has 0 aliphatic rings. The number of benzene rings is 1. The summed E-state index contributed by atoms with van der Waals surface area (Å²) in [7, 11) is 2.14. The highest BCUT2D eigenvalue weighted by Gasteiger charge is 2.14. The zero-order valence-corrected chi connectivity index (χ0v) is 11.8. The topological polar surface area (TPSA) is 23.5 Å². The van der Waals surface area contributed by atoms with Gasteiger partial charge in [-0.05, 0) is 31.5 Å². The lowest BCUT2D eigenvalue weighted by Gasteiger charge is -2.28. The molecule has 0 saturated carbocycles. The summed E-state index contributed by atoms with van der Waals surface area (Å²) in [5.41, 5.74) is 2.22. The van der Waals surface area contributed by atoms with Crippen LogP contribution in [0.1, 0.15) is 31.9 Å². The van der Waals surface area contributed by atoms with Gasteiger partial charge in [-0.3, -0.25) is 4.90 Å². The number of rotatable bonds is 4. The van der Waals surface area contributed by atoms with Crippen molar-refractivity contribution in [3.05, 3.63) is 35.4 Å². The van der Waals surface area contributed by atoms with Crippen molar-refractivity contribution in [1.29, 1.82) is 0 Å². The minimum Gasteiger partial charge on any atom is -0.384 e. The van der Waals surface area contributed by atoms with E-state index in [0.717, 1.165) is 12.1 Å². The lowest BCUT2D eigenvalue weighted by Crippen LogP contribution is -2.32. The molecule has 1 rings (SSSR count). The average molecular weight is 245 g/mol. The molecule has 1 unspecified atom stereocenters. The van der Waals surface area contributed by atoms with E-state index >= 15 is 0 Å². The zero-order valence-electron chi connectivity index (χ0n) is 11.8. The van der Waals surface area contributed by atoms with Crippen LogP contribution in [0, 0.1) is 17.8 Å². The minimum absolute atomic E-state index is 0.0907. The fourth-order valence-electron chi connectivity index (χ4n) is 1.84. The highest BCUT2D eigenvalue weighted by Crippen LogP contribution is 2.15. The van der Waals surface area contributed by atoms with E-state index in [1.54, 1.807) is 0 Å². The molecule has 1 atom stereocenters. The minimum atomic E-state index is -0.0907. The monoisotopic (exact) mass is 245 g/mol. The SMILES string of the molecule is CC(C)C(C)N(C)Cc1ccccc1C#CCO. The lowest BCUT2D eigenvalue weighted by atomic mass is 10.0. The second kappa shape index (κ2) is 7.20. The summed E-state index contributed by atoms with van der Waals surface area (Å²) in [6.45, 7) is 7.51. The van der Waals surface area contributed by atoms with Crippen LogP contribution in [0.2, 0.25) is 0 Å². The first-order valence-electron chi connectivity index (χ1n) is 6.44. The van der Waals surface area contributed by atoms with Gasteiger partial charge >= 0.3 is 0 Å². The maximum atomic E-state index is 8.78. The van der Waals surface area contributed by atoms with Crippen LogP contribution in [0.15, 0.2) is 24.3 Å².